The van der Waals surface area contributed by atoms with Gasteiger partial charge in [0.2, 0.25) is 5.91 Å². The Balaban J connectivity index is 2.62. The van der Waals surface area contributed by atoms with Crippen molar-refractivity contribution < 1.29 is 9.59 Å². The van der Waals surface area contributed by atoms with Crippen molar-refractivity contribution >= 4 is 40.6 Å². The summed E-state index contributed by atoms with van der Waals surface area (Å²) in [6.07, 6.45) is 2.08. The zero-order valence-electron chi connectivity index (χ0n) is 12.1. The maximum Gasteiger partial charge on any atom is 0.227 e. The molecule has 0 N–H and O–H groups in total. The lowest BCUT2D eigenvalue weighted by Gasteiger charge is -2.31. The molecule has 4 nitrogen and oxygen atoms in total. The molecule has 1 aromatic carbocycles. The highest BCUT2D eigenvalue weighted by molar-refractivity contribution is 6.42. The second-order valence-electron chi connectivity index (χ2n) is 5.06. The van der Waals surface area contributed by atoms with E-state index in [4.69, 9.17) is 23.2 Å². The third-order valence-corrected chi connectivity index (χ3v) is 3.93. The standard InChI is InChI=1S/C15H16Cl2N2O2/c1-4-14(20)19-8-9(7-18(2)3)15(21)10-5-11(16)12(17)6-13(10)19/h5-7H,4,8H2,1-3H3/b9-7-. The number of fused-ring (bicyclic) bond motifs is 1. The molecule has 0 atom stereocenters. The highest BCUT2D eigenvalue weighted by Crippen LogP contribution is 2.36. The fourth-order valence-corrected chi connectivity index (χ4v) is 2.59. The topological polar surface area (TPSA) is 40.6 Å². The minimum absolute atomic E-state index is 0.0632. The third-order valence-electron chi connectivity index (χ3n) is 3.21. The van der Waals surface area contributed by atoms with Crippen LogP contribution in [0.5, 0.6) is 0 Å². The Labute approximate surface area is 133 Å². The molecule has 1 heterocycles. The van der Waals surface area contributed by atoms with Crippen LogP contribution in [0.1, 0.15) is 23.7 Å². The number of hydrogen-bond acceptors (Lipinski definition) is 3. The normalized spacial score (nSPS) is 16.1. The minimum Gasteiger partial charge on any atom is -0.383 e. The molecule has 0 radical (unpaired) electrons. The second kappa shape index (κ2) is 6.08. The number of ketones is 1. The van der Waals surface area contributed by atoms with Crippen LogP contribution in [0.15, 0.2) is 23.9 Å². The summed E-state index contributed by atoms with van der Waals surface area (Å²) in [7, 11) is 3.66. The molecule has 1 aliphatic heterocycles. The summed E-state index contributed by atoms with van der Waals surface area (Å²) in [6, 6.07) is 3.11. The first-order chi connectivity index (χ1) is 9.85. The first-order valence-corrected chi connectivity index (χ1v) is 7.32. The number of anilines is 1. The average molecular weight is 327 g/mol. The summed E-state index contributed by atoms with van der Waals surface area (Å²) in [6.45, 7) is 2.03. The molecule has 0 aromatic heterocycles. The molecule has 1 amide bonds. The van der Waals surface area contributed by atoms with E-state index in [0.717, 1.165) is 0 Å². The van der Waals surface area contributed by atoms with Crippen molar-refractivity contribution in [3.05, 3.63) is 39.5 Å². The van der Waals surface area contributed by atoms with Crippen LogP contribution in [0, 0.1) is 0 Å². The minimum atomic E-state index is -0.127. The summed E-state index contributed by atoms with van der Waals surface area (Å²) < 4.78 is 0. The third kappa shape index (κ3) is 3.06. The molecule has 0 saturated heterocycles. The van der Waals surface area contributed by atoms with Crippen molar-refractivity contribution in [2.45, 2.75) is 13.3 Å². The molecule has 0 unspecified atom stereocenters. The van der Waals surface area contributed by atoms with Gasteiger partial charge in [0.1, 0.15) is 0 Å². The second-order valence-corrected chi connectivity index (χ2v) is 5.88. The van der Waals surface area contributed by atoms with Crippen LogP contribution in [0.4, 0.5) is 5.69 Å². The molecule has 0 saturated carbocycles. The molecule has 21 heavy (non-hydrogen) atoms. The maximum absolute atomic E-state index is 12.5. The Morgan fingerprint density at radius 2 is 1.95 bits per heavy atom. The van der Waals surface area contributed by atoms with Crippen molar-refractivity contribution in [1.29, 1.82) is 0 Å². The lowest BCUT2D eigenvalue weighted by Crippen LogP contribution is -2.39. The van der Waals surface area contributed by atoms with E-state index in [1.807, 2.05) is 14.1 Å². The molecular formula is C15H16Cl2N2O2. The summed E-state index contributed by atoms with van der Waals surface area (Å²) in [5.41, 5.74) is 1.48. The van der Waals surface area contributed by atoms with E-state index in [1.54, 1.807) is 29.0 Å². The lowest BCUT2D eigenvalue weighted by molar-refractivity contribution is -0.118. The van der Waals surface area contributed by atoms with E-state index < -0.39 is 0 Å². The Hall–Kier alpha value is -1.52. The Morgan fingerprint density at radius 1 is 1.33 bits per heavy atom. The average Bonchev–Trinajstić information content (AvgIpc) is 2.43. The number of hydrogen-bond donors (Lipinski definition) is 0. The lowest BCUT2D eigenvalue weighted by atomic mass is 9.96. The van der Waals surface area contributed by atoms with Crippen molar-refractivity contribution in [3.63, 3.8) is 0 Å². The molecule has 0 spiro atoms. The molecule has 6 heteroatoms. The van der Waals surface area contributed by atoms with Gasteiger partial charge in [0.05, 0.1) is 22.3 Å². The van der Waals surface area contributed by atoms with E-state index in [9.17, 15) is 9.59 Å². The van der Waals surface area contributed by atoms with Crippen molar-refractivity contribution in [1.82, 2.24) is 4.90 Å². The summed E-state index contributed by atoms with van der Waals surface area (Å²) >= 11 is 12.0. The number of nitrogens with zero attached hydrogens (tertiary/aromatic N) is 2. The van der Waals surface area contributed by atoms with E-state index >= 15 is 0 Å². The Kier molecular flexibility index (Phi) is 4.59. The van der Waals surface area contributed by atoms with Gasteiger partial charge in [-0.1, -0.05) is 30.1 Å². The predicted molar refractivity (Wildman–Crippen MR) is 85.2 cm³/mol. The molecule has 0 aliphatic carbocycles. The van der Waals surface area contributed by atoms with E-state index in [2.05, 4.69) is 0 Å². The van der Waals surface area contributed by atoms with Gasteiger partial charge in [-0.15, -0.1) is 0 Å². The van der Waals surface area contributed by atoms with Crippen LogP contribution in [-0.4, -0.2) is 37.2 Å². The van der Waals surface area contributed by atoms with Gasteiger partial charge in [-0.05, 0) is 12.1 Å². The van der Waals surface area contributed by atoms with Crippen LogP contribution in [0.25, 0.3) is 0 Å². The largest absolute Gasteiger partial charge is 0.383 e. The molecule has 0 fully saturated rings. The maximum atomic E-state index is 12.5. The van der Waals surface area contributed by atoms with Crippen LogP contribution < -0.4 is 4.90 Å². The van der Waals surface area contributed by atoms with Gasteiger partial charge >= 0.3 is 0 Å². The predicted octanol–water partition coefficient (Wildman–Crippen LogP) is 3.38. The summed E-state index contributed by atoms with van der Waals surface area (Å²) in [5.74, 6) is -0.191. The fourth-order valence-electron chi connectivity index (χ4n) is 2.27. The molecule has 2 rings (SSSR count). The summed E-state index contributed by atoms with van der Waals surface area (Å²) in [4.78, 5) is 28.1. The van der Waals surface area contributed by atoms with E-state index in [0.29, 0.717) is 33.3 Å². The zero-order chi connectivity index (χ0) is 15.7. The summed E-state index contributed by atoms with van der Waals surface area (Å²) in [5, 5.41) is 0.635. The quantitative estimate of drug-likeness (QED) is 0.782. The highest BCUT2D eigenvalue weighted by atomic mass is 35.5. The van der Waals surface area contributed by atoms with Crippen LogP contribution in [-0.2, 0) is 4.79 Å². The zero-order valence-corrected chi connectivity index (χ0v) is 13.6. The Morgan fingerprint density at radius 3 is 2.52 bits per heavy atom. The van der Waals surface area contributed by atoms with Gasteiger partial charge < -0.3 is 9.80 Å². The smallest absolute Gasteiger partial charge is 0.227 e. The SMILES string of the molecule is CCC(=O)N1C/C(=C/N(C)C)C(=O)c2cc(Cl)c(Cl)cc21. The molecule has 0 bridgehead atoms. The number of rotatable bonds is 2. The number of benzene rings is 1. The number of carbonyl (C=O) groups excluding carboxylic acids is 2. The fraction of sp³-hybridized carbons (Fsp3) is 0.333. The van der Waals surface area contributed by atoms with Gasteiger partial charge in [0.25, 0.3) is 0 Å². The van der Waals surface area contributed by atoms with Crippen molar-refractivity contribution in [2.75, 3.05) is 25.5 Å². The van der Waals surface area contributed by atoms with Gasteiger partial charge in [-0.25, -0.2) is 0 Å². The molecule has 112 valence electrons. The molecular weight excluding hydrogens is 311 g/mol. The van der Waals surface area contributed by atoms with Gasteiger partial charge in [-0.3, -0.25) is 9.59 Å². The van der Waals surface area contributed by atoms with Gasteiger partial charge in [0, 0.05) is 37.9 Å². The van der Waals surface area contributed by atoms with Crippen LogP contribution in [0.3, 0.4) is 0 Å². The van der Waals surface area contributed by atoms with Gasteiger partial charge in [-0.2, -0.15) is 0 Å². The van der Waals surface area contributed by atoms with Crippen LogP contribution in [0.2, 0.25) is 10.0 Å². The number of halogens is 2. The monoisotopic (exact) mass is 326 g/mol. The number of Topliss-reactive ketones (excluding diaryl/α,β-unsaturated/α-hetero) is 1. The first kappa shape index (κ1) is 15.9. The van der Waals surface area contributed by atoms with Crippen LogP contribution >= 0.6 is 23.2 Å². The number of amides is 1. The molecule has 1 aromatic rings. The van der Waals surface area contributed by atoms with Crippen molar-refractivity contribution in [3.8, 4) is 0 Å². The highest BCUT2D eigenvalue weighted by Gasteiger charge is 2.31. The van der Waals surface area contributed by atoms with E-state index in [-0.39, 0.29) is 18.2 Å². The van der Waals surface area contributed by atoms with Crippen molar-refractivity contribution in [2.24, 2.45) is 0 Å². The number of carbonyl (C=O) groups is 2. The molecule has 1 aliphatic rings. The Bertz CT molecular complexity index is 639. The van der Waals surface area contributed by atoms with Gasteiger partial charge in [0.15, 0.2) is 5.78 Å². The van der Waals surface area contributed by atoms with E-state index in [1.165, 1.54) is 6.07 Å². The first-order valence-electron chi connectivity index (χ1n) is 6.56.